The maximum absolute atomic E-state index is 11.6. The van der Waals surface area contributed by atoms with Crippen molar-refractivity contribution in [3.05, 3.63) is 0 Å². The standard InChI is InChI=1S/C14H28N2O2S/c1-15-14(13-8-9-13)7-3-5-12-6-4-10-16(11-12)19(2,17)18/h12-15H,3-11H2,1-2H3. The Hall–Kier alpha value is -0.130. The average molecular weight is 288 g/mol. The first-order valence-electron chi connectivity index (χ1n) is 7.63. The Morgan fingerprint density at radius 2 is 2.05 bits per heavy atom. The SMILES string of the molecule is CNC(CCCC1CCCN(S(C)(=O)=O)C1)C1CC1. The molecule has 2 atom stereocenters. The van der Waals surface area contributed by atoms with Gasteiger partial charge in [0.2, 0.25) is 10.0 Å². The Morgan fingerprint density at radius 3 is 2.63 bits per heavy atom. The van der Waals surface area contributed by atoms with Gasteiger partial charge in [-0.1, -0.05) is 6.42 Å². The van der Waals surface area contributed by atoms with Crippen LogP contribution >= 0.6 is 0 Å². The molecular weight excluding hydrogens is 260 g/mol. The van der Waals surface area contributed by atoms with Crippen LogP contribution in [0.5, 0.6) is 0 Å². The molecule has 0 aromatic rings. The summed E-state index contributed by atoms with van der Waals surface area (Å²) in [4.78, 5) is 0. The second kappa shape index (κ2) is 6.55. The monoisotopic (exact) mass is 288 g/mol. The van der Waals surface area contributed by atoms with E-state index in [1.54, 1.807) is 4.31 Å². The quantitative estimate of drug-likeness (QED) is 0.777. The van der Waals surface area contributed by atoms with Crippen molar-refractivity contribution in [1.82, 2.24) is 9.62 Å². The highest BCUT2D eigenvalue weighted by Crippen LogP contribution is 2.35. The fraction of sp³-hybridized carbons (Fsp3) is 1.00. The number of sulfonamides is 1. The van der Waals surface area contributed by atoms with E-state index >= 15 is 0 Å². The molecule has 1 saturated heterocycles. The Morgan fingerprint density at radius 1 is 1.32 bits per heavy atom. The van der Waals surface area contributed by atoms with Crippen LogP contribution in [0.2, 0.25) is 0 Å². The highest BCUT2D eigenvalue weighted by atomic mass is 32.2. The van der Waals surface area contributed by atoms with E-state index in [0.29, 0.717) is 12.0 Å². The maximum atomic E-state index is 11.6. The lowest BCUT2D eigenvalue weighted by atomic mass is 9.92. The third-order valence-corrected chi connectivity index (χ3v) is 5.91. The Balaban J connectivity index is 1.70. The molecule has 2 fully saturated rings. The Kier molecular flexibility index (Phi) is 5.26. The van der Waals surface area contributed by atoms with Crippen LogP contribution in [0, 0.1) is 11.8 Å². The van der Waals surface area contributed by atoms with Gasteiger partial charge in [-0.25, -0.2) is 12.7 Å². The van der Waals surface area contributed by atoms with Gasteiger partial charge in [-0.3, -0.25) is 0 Å². The third kappa shape index (κ3) is 4.72. The third-order valence-electron chi connectivity index (χ3n) is 4.64. The fourth-order valence-corrected chi connectivity index (χ4v) is 4.25. The fourth-order valence-electron chi connectivity index (χ4n) is 3.30. The maximum Gasteiger partial charge on any atom is 0.211 e. The van der Waals surface area contributed by atoms with Crippen molar-refractivity contribution in [3.63, 3.8) is 0 Å². The van der Waals surface area contributed by atoms with E-state index in [-0.39, 0.29) is 0 Å². The Bertz CT molecular complexity index is 379. The van der Waals surface area contributed by atoms with Gasteiger partial charge >= 0.3 is 0 Å². The van der Waals surface area contributed by atoms with Gasteiger partial charge in [-0.05, 0) is 57.4 Å². The molecule has 1 N–H and O–H groups in total. The van der Waals surface area contributed by atoms with Crippen molar-refractivity contribution in [3.8, 4) is 0 Å². The molecule has 2 unspecified atom stereocenters. The summed E-state index contributed by atoms with van der Waals surface area (Å²) in [6.45, 7) is 1.46. The van der Waals surface area contributed by atoms with E-state index in [1.165, 1.54) is 44.8 Å². The molecule has 5 heteroatoms. The van der Waals surface area contributed by atoms with Gasteiger partial charge in [-0.2, -0.15) is 0 Å². The zero-order valence-electron chi connectivity index (χ0n) is 12.3. The van der Waals surface area contributed by atoms with Gasteiger partial charge in [0.25, 0.3) is 0 Å². The lowest BCUT2D eigenvalue weighted by Gasteiger charge is -2.31. The largest absolute Gasteiger partial charge is 0.317 e. The summed E-state index contributed by atoms with van der Waals surface area (Å²) in [5.41, 5.74) is 0. The van der Waals surface area contributed by atoms with Crippen LogP contribution < -0.4 is 5.32 Å². The van der Waals surface area contributed by atoms with Crippen LogP contribution in [0.4, 0.5) is 0 Å². The number of hydrogen-bond acceptors (Lipinski definition) is 3. The molecule has 0 bridgehead atoms. The lowest BCUT2D eigenvalue weighted by molar-refractivity contribution is 0.249. The predicted molar refractivity (Wildman–Crippen MR) is 78.6 cm³/mol. The Labute approximate surface area is 118 Å². The zero-order valence-corrected chi connectivity index (χ0v) is 13.1. The highest BCUT2D eigenvalue weighted by Gasteiger charge is 2.30. The molecule has 19 heavy (non-hydrogen) atoms. The molecule has 1 saturated carbocycles. The summed E-state index contributed by atoms with van der Waals surface area (Å²) >= 11 is 0. The van der Waals surface area contributed by atoms with Gasteiger partial charge in [0, 0.05) is 19.1 Å². The second-order valence-corrected chi connectivity index (χ2v) is 8.28. The van der Waals surface area contributed by atoms with E-state index in [4.69, 9.17) is 0 Å². The van der Waals surface area contributed by atoms with E-state index < -0.39 is 10.0 Å². The van der Waals surface area contributed by atoms with Gasteiger partial charge in [0.15, 0.2) is 0 Å². The van der Waals surface area contributed by atoms with Crippen LogP contribution in [-0.2, 0) is 10.0 Å². The summed E-state index contributed by atoms with van der Waals surface area (Å²) in [6.07, 6.45) is 9.97. The topological polar surface area (TPSA) is 49.4 Å². The first kappa shape index (κ1) is 15.3. The van der Waals surface area contributed by atoms with Crippen molar-refractivity contribution in [2.75, 3.05) is 26.4 Å². The molecule has 0 spiro atoms. The minimum atomic E-state index is -2.99. The molecule has 4 nitrogen and oxygen atoms in total. The van der Waals surface area contributed by atoms with Crippen molar-refractivity contribution < 1.29 is 8.42 Å². The van der Waals surface area contributed by atoms with Crippen LogP contribution in [0.3, 0.4) is 0 Å². The van der Waals surface area contributed by atoms with Crippen LogP contribution in [0.1, 0.15) is 44.9 Å². The summed E-state index contributed by atoms with van der Waals surface area (Å²) in [5.74, 6) is 1.48. The molecule has 1 aliphatic carbocycles. The van der Waals surface area contributed by atoms with Crippen molar-refractivity contribution >= 4 is 10.0 Å². The normalized spacial score (nSPS) is 27.4. The molecule has 0 radical (unpaired) electrons. The van der Waals surface area contributed by atoms with Crippen LogP contribution in [-0.4, -0.2) is 45.2 Å². The number of piperidine rings is 1. The molecule has 0 aromatic heterocycles. The predicted octanol–water partition coefficient (Wildman–Crippen LogP) is 1.83. The summed E-state index contributed by atoms with van der Waals surface area (Å²) in [7, 11) is -0.923. The van der Waals surface area contributed by atoms with Crippen LogP contribution in [0.25, 0.3) is 0 Å². The first-order chi connectivity index (χ1) is 9.00. The molecule has 0 aromatic carbocycles. The summed E-state index contributed by atoms with van der Waals surface area (Å²) in [6, 6.07) is 0.689. The van der Waals surface area contributed by atoms with Gasteiger partial charge in [0.05, 0.1) is 6.26 Å². The van der Waals surface area contributed by atoms with E-state index in [0.717, 1.165) is 25.4 Å². The first-order valence-corrected chi connectivity index (χ1v) is 9.48. The smallest absolute Gasteiger partial charge is 0.211 e. The molecule has 1 aliphatic heterocycles. The molecule has 0 amide bonds. The molecule has 2 aliphatic rings. The number of rotatable bonds is 7. The second-order valence-electron chi connectivity index (χ2n) is 6.29. The minimum absolute atomic E-state index is 0.570. The minimum Gasteiger partial charge on any atom is -0.317 e. The van der Waals surface area contributed by atoms with Gasteiger partial charge in [-0.15, -0.1) is 0 Å². The van der Waals surface area contributed by atoms with Gasteiger partial charge < -0.3 is 5.32 Å². The van der Waals surface area contributed by atoms with E-state index in [1.807, 2.05) is 0 Å². The zero-order chi connectivity index (χ0) is 13.9. The number of nitrogens with one attached hydrogen (secondary N) is 1. The van der Waals surface area contributed by atoms with E-state index in [9.17, 15) is 8.42 Å². The number of nitrogens with zero attached hydrogens (tertiary/aromatic N) is 1. The number of hydrogen-bond donors (Lipinski definition) is 1. The molecule has 2 rings (SSSR count). The highest BCUT2D eigenvalue weighted by molar-refractivity contribution is 7.88. The van der Waals surface area contributed by atoms with E-state index in [2.05, 4.69) is 12.4 Å². The summed E-state index contributed by atoms with van der Waals surface area (Å²) in [5, 5.41) is 3.43. The molecule has 112 valence electrons. The average Bonchev–Trinajstić information content (AvgIpc) is 3.18. The molecular formula is C14H28N2O2S. The van der Waals surface area contributed by atoms with Crippen molar-refractivity contribution in [1.29, 1.82) is 0 Å². The molecule has 1 heterocycles. The summed E-state index contributed by atoms with van der Waals surface area (Å²) < 4.78 is 24.8. The van der Waals surface area contributed by atoms with Crippen LogP contribution in [0.15, 0.2) is 0 Å². The van der Waals surface area contributed by atoms with Crippen molar-refractivity contribution in [2.45, 2.75) is 51.0 Å². The van der Waals surface area contributed by atoms with Crippen molar-refractivity contribution in [2.24, 2.45) is 11.8 Å². The van der Waals surface area contributed by atoms with Gasteiger partial charge in [0.1, 0.15) is 0 Å². The lowest BCUT2D eigenvalue weighted by Crippen LogP contribution is -2.39.